The first-order chi connectivity index (χ1) is 21.8. The monoisotopic (exact) mass is 634 g/mol. The lowest BCUT2D eigenvalue weighted by atomic mass is 10.0. The van der Waals surface area contributed by atoms with Crippen molar-refractivity contribution in [2.75, 3.05) is 69.8 Å². The van der Waals surface area contributed by atoms with Gasteiger partial charge in [0.1, 0.15) is 12.4 Å². The van der Waals surface area contributed by atoms with Gasteiger partial charge in [0.2, 0.25) is 11.9 Å². The number of amides is 2. The number of nitrogens with one attached hydrogen (secondary N) is 2. The fourth-order valence-electron chi connectivity index (χ4n) is 6.11. The molecule has 238 valence electrons. The van der Waals surface area contributed by atoms with E-state index in [2.05, 4.69) is 42.4 Å². The molecule has 0 spiro atoms. The highest BCUT2D eigenvalue weighted by atomic mass is 35.5. The zero-order valence-electron chi connectivity index (χ0n) is 25.6. The Kier molecular flexibility index (Phi) is 9.45. The van der Waals surface area contributed by atoms with Gasteiger partial charge in [-0.2, -0.15) is 0 Å². The predicted molar refractivity (Wildman–Crippen MR) is 171 cm³/mol. The van der Waals surface area contributed by atoms with Crippen LogP contribution in [0, 0.1) is 0 Å². The van der Waals surface area contributed by atoms with Crippen LogP contribution in [0.1, 0.15) is 53.3 Å². The summed E-state index contributed by atoms with van der Waals surface area (Å²) in [5, 5.41) is 16.8. The summed E-state index contributed by atoms with van der Waals surface area (Å²) in [7, 11) is 2.10. The van der Waals surface area contributed by atoms with Gasteiger partial charge in [0.15, 0.2) is 0 Å². The first kappa shape index (κ1) is 31.2. The minimum atomic E-state index is -0.627. The van der Waals surface area contributed by atoms with Crippen LogP contribution in [0.5, 0.6) is 0 Å². The molecule has 45 heavy (non-hydrogen) atoms. The van der Waals surface area contributed by atoms with Crippen LogP contribution in [0.15, 0.2) is 42.7 Å². The Morgan fingerprint density at radius 1 is 1.13 bits per heavy atom. The molecule has 3 N–H and O–H groups in total. The lowest BCUT2D eigenvalue weighted by Crippen LogP contribution is -2.45. The molecule has 0 unspecified atom stereocenters. The fraction of sp³-hybridized carbons (Fsp3) is 0.469. The van der Waals surface area contributed by atoms with Crippen LogP contribution >= 0.6 is 11.6 Å². The molecular weight excluding hydrogens is 596 g/mol. The minimum absolute atomic E-state index is 0.148. The van der Waals surface area contributed by atoms with Gasteiger partial charge in [0.05, 0.1) is 35.6 Å². The van der Waals surface area contributed by atoms with E-state index in [0.717, 1.165) is 56.0 Å². The molecule has 2 amide bonds. The number of anilines is 2. The van der Waals surface area contributed by atoms with Gasteiger partial charge >= 0.3 is 0 Å². The molecule has 13 heteroatoms. The van der Waals surface area contributed by atoms with Crippen LogP contribution in [-0.2, 0) is 9.53 Å². The molecule has 3 aromatic rings. The molecule has 12 nitrogen and oxygen atoms in total. The third-order valence-electron chi connectivity index (χ3n) is 8.87. The molecule has 5 heterocycles. The lowest BCUT2D eigenvalue weighted by molar-refractivity contribution is -0.123. The number of rotatable bonds is 9. The molecule has 0 bridgehead atoms. The summed E-state index contributed by atoms with van der Waals surface area (Å²) in [4.78, 5) is 46.4. The van der Waals surface area contributed by atoms with Gasteiger partial charge in [-0.15, -0.1) is 0 Å². The van der Waals surface area contributed by atoms with Gasteiger partial charge in [0.25, 0.3) is 5.91 Å². The first-order valence-electron chi connectivity index (χ1n) is 15.4. The summed E-state index contributed by atoms with van der Waals surface area (Å²) in [6, 6.07) is 8.56. The van der Waals surface area contributed by atoms with E-state index in [4.69, 9.17) is 16.3 Å². The molecule has 1 aromatic carbocycles. The number of likely N-dealkylation sites (N-methyl/N-ethyl adjacent to an activating group) is 1. The van der Waals surface area contributed by atoms with Crippen LogP contribution in [0.2, 0.25) is 5.02 Å². The van der Waals surface area contributed by atoms with Crippen LogP contribution in [0.4, 0.5) is 11.8 Å². The Hall–Kier alpha value is -3.84. The average Bonchev–Trinajstić information content (AvgIpc) is 3.29. The summed E-state index contributed by atoms with van der Waals surface area (Å²) >= 11 is 6.51. The molecule has 2 saturated heterocycles. The van der Waals surface area contributed by atoms with Crippen molar-refractivity contribution in [3.05, 3.63) is 64.4 Å². The highest BCUT2D eigenvalue weighted by Crippen LogP contribution is 2.37. The van der Waals surface area contributed by atoms with Gasteiger partial charge in [0, 0.05) is 62.8 Å². The van der Waals surface area contributed by atoms with Crippen molar-refractivity contribution < 1.29 is 19.4 Å². The number of fused-ring (bicyclic) bond motifs is 1. The van der Waals surface area contributed by atoms with Crippen LogP contribution in [0.25, 0.3) is 11.3 Å². The van der Waals surface area contributed by atoms with Crippen LogP contribution in [-0.4, -0.2) is 107 Å². The Morgan fingerprint density at radius 2 is 1.91 bits per heavy atom. The number of carbonyl (C=O) groups is 2. The van der Waals surface area contributed by atoms with E-state index in [-0.39, 0.29) is 37.0 Å². The van der Waals surface area contributed by atoms with Crippen LogP contribution < -0.4 is 15.5 Å². The number of nitrogens with zero attached hydrogens (tertiary/aromatic N) is 6. The van der Waals surface area contributed by atoms with Crippen molar-refractivity contribution in [1.82, 2.24) is 30.1 Å². The van der Waals surface area contributed by atoms with E-state index in [0.29, 0.717) is 41.0 Å². The Labute approximate surface area is 267 Å². The number of benzene rings is 1. The van der Waals surface area contributed by atoms with Crippen molar-refractivity contribution >= 4 is 35.2 Å². The van der Waals surface area contributed by atoms with E-state index in [1.54, 1.807) is 29.4 Å². The maximum Gasteiger partial charge on any atom is 0.255 e. The van der Waals surface area contributed by atoms with Crippen molar-refractivity contribution in [1.29, 1.82) is 0 Å². The van der Waals surface area contributed by atoms with Gasteiger partial charge in [-0.3, -0.25) is 9.59 Å². The van der Waals surface area contributed by atoms with Crippen molar-refractivity contribution in [2.45, 2.75) is 37.9 Å². The smallest absolute Gasteiger partial charge is 0.255 e. The minimum Gasteiger partial charge on any atom is -0.394 e. The molecule has 2 fully saturated rings. The molecule has 3 aliphatic rings. The number of aromatic nitrogens is 3. The zero-order valence-corrected chi connectivity index (χ0v) is 26.3. The van der Waals surface area contributed by atoms with E-state index >= 15 is 0 Å². The molecule has 6 rings (SSSR count). The SMILES string of the molecule is C[C@@H]1c2ccc(-c3nc(NC4CCOCC4)ncc3Cl)cc2C(=O)N1CC(=O)N[C@H](CO)c1ccnc(N2CCN(C)CC2)c1. The van der Waals surface area contributed by atoms with Crippen molar-refractivity contribution in [3.8, 4) is 11.3 Å². The Bertz CT molecular complexity index is 1540. The largest absolute Gasteiger partial charge is 0.394 e. The second-order valence-corrected chi connectivity index (χ2v) is 12.3. The summed E-state index contributed by atoms with van der Waals surface area (Å²) in [6.07, 6.45) is 5.00. The normalized spacial score (nSPS) is 19.8. The number of aliphatic hydroxyl groups excluding tert-OH is 1. The molecule has 3 aliphatic heterocycles. The van der Waals surface area contributed by atoms with E-state index in [9.17, 15) is 14.7 Å². The molecule has 0 radical (unpaired) electrons. The summed E-state index contributed by atoms with van der Waals surface area (Å²) in [6.45, 7) is 6.47. The molecular formula is C32H39ClN8O4. The highest BCUT2D eigenvalue weighted by Gasteiger charge is 2.36. The average molecular weight is 635 g/mol. The number of aliphatic hydroxyl groups is 1. The lowest BCUT2D eigenvalue weighted by Gasteiger charge is -2.33. The third kappa shape index (κ3) is 6.89. The highest BCUT2D eigenvalue weighted by molar-refractivity contribution is 6.33. The zero-order chi connectivity index (χ0) is 31.5. The van der Waals surface area contributed by atoms with Crippen molar-refractivity contribution in [3.63, 3.8) is 0 Å². The van der Waals surface area contributed by atoms with Gasteiger partial charge < -0.3 is 35.2 Å². The van der Waals surface area contributed by atoms with E-state index in [1.165, 1.54) is 0 Å². The number of hydrogen-bond acceptors (Lipinski definition) is 10. The maximum atomic E-state index is 13.6. The second kappa shape index (κ2) is 13.7. The maximum absolute atomic E-state index is 13.6. The third-order valence-corrected chi connectivity index (χ3v) is 9.14. The molecule has 0 saturated carbocycles. The van der Waals surface area contributed by atoms with Crippen molar-refractivity contribution in [2.24, 2.45) is 0 Å². The summed E-state index contributed by atoms with van der Waals surface area (Å²) < 4.78 is 5.44. The second-order valence-electron chi connectivity index (χ2n) is 11.9. The van der Waals surface area contributed by atoms with E-state index in [1.807, 2.05) is 25.1 Å². The van der Waals surface area contributed by atoms with Gasteiger partial charge in [-0.25, -0.2) is 15.0 Å². The quantitative estimate of drug-likeness (QED) is 0.322. The van der Waals surface area contributed by atoms with Gasteiger partial charge in [-0.05, 0) is 56.1 Å². The first-order valence-corrected chi connectivity index (χ1v) is 15.8. The molecule has 2 atom stereocenters. The van der Waals surface area contributed by atoms with Crippen LogP contribution in [0.3, 0.4) is 0 Å². The molecule has 2 aromatic heterocycles. The number of hydrogen-bond donors (Lipinski definition) is 3. The Balaban J connectivity index is 1.13. The number of pyridine rings is 1. The standard InChI is InChI=1S/C32H39ClN8O4/c1-20-24-4-3-22(30-26(33)17-35-32(38-30)36-23-6-13-45-14-7-23)15-25(24)31(44)41(20)18-29(43)37-27(19-42)21-5-8-34-28(16-21)40-11-9-39(2)10-12-40/h3-5,8,15-17,20,23,27,42H,6-7,9-14,18-19H2,1-2H3,(H,37,43)(H,35,36,38)/t20-,27-/m1/s1. The van der Waals surface area contributed by atoms with Gasteiger partial charge in [-0.1, -0.05) is 23.7 Å². The number of ether oxygens (including phenoxy) is 1. The number of halogens is 1. The number of piperazine rings is 1. The van der Waals surface area contributed by atoms with E-state index < -0.39 is 6.04 Å². The summed E-state index contributed by atoms with van der Waals surface area (Å²) in [5.41, 5.74) is 3.31. The summed E-state index contributed by atoms with van der Waals surface area (Å²) in [5.74, 6) is 0.686. The predicted octanol–water partition coefficient (Wildman–Crippen LogP) is 2.90. The number of carbonyl (C=O) groups excluding carboxylic acids is 2. The topological polar surface area (TPSA) is 136 Å². The fourth-order valence-corrected chi connectivity index (χ4v) is 6.31. The Morgan fingerprint density at radius 3 is 2.67 bits per heavy atom. The molecule has 0 aliphatic carbocycles.